The zero-order valence-electron chi connectivity index (χ0n) is 10.2. The molecule has 0 fully saturated rings. The number of benzene rings is 1. The highest BCUT2D eigenvalue weighted by molar-refractivity contribution is 8.00. The number of aryl methyl sites for hydroxylation is 1. The van der Waals surface area contributed by atoms with Crippen LogP contribution in [0.1, 0.15) is 15.9 Å². The Labute approximate surface area is 102 Å². The molecule has 16 heavy (non-hydrogen) atoms. The normalized spacial score (nSPS) is 10.8. The Kier molecular flexibility index (Phi) is 5.56. The fourth-order valence-electron chi connectivity index (χ4n) is 1.31. The molecule has 0 aliphatic carbocycles. The van der Waals surface area contributed by atoms with Crippen molar-refractivity contribution >= 4 is 17.5 Å². The number of thioether (sulfide) groups is 1. The van der Waals surface area contributed by atoms with Crippen molar-refractivity contribution < 1.29 is 4.79 Å². The van der Waals surface area contributed by atoms with Crippen LogP contribution in [-0.4, -0.2) is 42.8 Å². The van der Waals surface area contributed by atoms with Gasteiger partial charge >= 0.3 is 0 Å². The molecule has 88 valence electrons. The molecule has 0 aliphatic rings. The van der Waals surface area contributed by atoms with Gasteiger partial charge in [-0.3, -0.25) is 4.79 Å². The SMILES string of the molecule is Cc1cccc(C(=O)CSCCN(C)C)c1. The largest absolute Gasteiger partial charge is 0.309 e. The van der Waals surface area contributed by atoms with Gasteiger partial charge in [-0.2, -0.15) is 11.8 Å². The van der Waals surface area contributed by atoms with E-state index in [0.29, 0.717) is 5.75 Å². The molecule has 0 amide bonds. The van der Waals surface area contributed by atoms with Gasteiger partial charge in [-0.05, 0) is 27.1 Å². The van der Waals surface area contributed by atoms with E-state index >= 15 is 0 Å². The second kappa shape index (κ2) is 6.71. The summed E-state index contributed by atoms with van der Waals surface area (Å²) in [5, 5.41) is 0. The highest BCUT2D eigenvalue weighted by atomic mass is 32.2. The van der Waals surface area contributed by atoms with Crippen LogP contribution < -0.4 is 0 Å². The van der Waals surface area contributed by atoms with Crippen molar-refractivity contribution in [3.63, 3.8) is 0 Å². The molecule has 1 aromatic carbocycles. The summed E-state index contributed by atoms with van der Waals surface area (Å²) < 4.78 is 0. The van der Waals surface area contributed by atoms with Gasteiger partial charge in [0.05, 0.1) is 5.75 Å². The average molecular weight is 237 g/mol. The Morgan fingerprint density at radius 1 is 1.38 bits per heavy atom. The molecule has 0 heterocycles. The van der Waals surface area contributed by atoms with E-state index in [4.69, 9.17) is 0 Å². The topological polar surface area (TPSA) is 20.3 Å². The maximum Gasteiger partial charge on any atom is 0.172 e. The van der Waals surface area contributed by atoms with Gasteiger partial charge in [-0.25, -0.2) is 0 Å². The zero-order chi connectivity index (χ0) is 12.0. The van der Waals surface area contributed by atoms with E-state index < -0.39 is 0 Å². The summed E-state index contributed by atoms with van der Waals surface area (Å²) in [5.41, 5.74) is 1.97. The van der Waals surface area contributed by atoms with E-state index in [2.05, 4.69) is 4.90 Å². The second-order valence-electron chi connectivity index (χ2n) is 4.15. The van der Waals surface area contributed by atoms with Crippen LogP contribution in [0.25, 0.3) is 0 Å². The molecule has 1 aromatic rings. The summed E-state index contributed by atoms with van der Waals surface area (Å²) >= 11 is 1.70. The molecule has 0 bridgehead atoms. The fourth-order valence-corrected chi connectivity index (χ4v) is 2.30. The van der Waals surface area contributed by atoms with Crippen molar-refractivity contribution in [1.82, 2.24) is 4.90 Å². The third kappa shape index (κ3) is 4.81. The molecular formula is C13H19NOS. The highest BCUT2D eigenvalue weighted by Gasteiger charge is 2.05. The van der Waals surface area contributed by atoms with Crippen LogP contribution in [0.4, 0.5) is 0 Å². The first kappa shape index (κ1) is 13.3. The second-order valence-corrected chi connectivity index (χ2v) is 5.25. The first-order valence-electron chi connectivity index (χ1n) is 5.42. The number of carbonyl (C=O) groups excluding carboxylic acids is 1. The van der Waals surface area contributed by atoms with E-state index in [1.807, 2.05) is 45.3 Å². The summed E-state index contributed by atoms with van der Waals surface area (Å²) in [6.45, 7) is 3.03. The van der Waals surface area contributed by atoms with E-state index in [1.165, 1.54) is 0 Å². The number of carbonyl (C=O) groups is 1. The number of hydrogen-bond acceptors (Lipinski definition) is 3. The lowest BCUT2D eigenvalue weighted by molar-refractivity contribution is 0.102. The highest BCUT2D eigenvalue weighted by Crippen LogP contribution is 2.09. The van der Waals surface area contributed by atoms with Crippen LogP contribution >= 0.6 is 11.8 Å². The number of ketones is 1. The molecule has 0 spiro atoms. The van der Waals surface area contributed by atoms with Crippen molar-refractivity contribution in [1.29, 1.82) is 0 Å². The van der Waals surface area contributed by atoms with Crippen molar-refractivity contribution in [3.8, 4) is 0 Å². The number of Topliss-reactive ketones (excluding diaryl/α,β-unsaturated/α-hetero) is 1. The van der Waals surface area contributed by atoms with Gasteiger partial charge in [0.1, 0.15) is 0 Å². The fraction of sp³-hybridized carbons (Fsp3) is 0.462. The van der Waals surface area contributed by atoms with Gasteiger partial charge in [-0.15, -0.1) is 0 Å². The van der Waals surface area contributed by atoms with Gasteiger partial charge < -0.3 is 4.90 Å². The summed E-state index contributed by atoms with van der Waals surface area (Å²) in [6, 6.07) is 7.79. The molecule has 0 aromatic heterocycles. The van der Waals surface area contributed by atoms with Crippen molar-refractivity contribution in [2.24, 2.45) is 0 Å². The smallest absolute Gasteiger partial charge is 0.172 e. The Bertz CT molecular complexity index is 350. The molecule has 2 nitrogen and oxygen atoms in total. The van der Waals surface area contributed by atoms with Crippen molar-refractivity contribution in [3.05, 3.63) is 35.4 Å². The van der Waals surface area contributed by atoms with Gasteiger partial charge in [0.15, 0.2) is 5.78 Å². The molecule has 0 saturated carbocycles. The lowest BCUT2D eigenvalue weighted by Crippen LogP contribution is -2.15. The molecule has 0 radical (unpaired) electrons. The third-order valence-electron chi connectivity index (χ3n) is 2.26. The minimum Gasteiger partial charge on any atom is -0.309 e. The molecular weight excluding hydrogens is 218 g/mol. The third-order valence-corrected chi connectivity index (χ3v) is 3.19. The summed E-state index contributed by atoms with van der Waals surface area (Å²) in [7, 11) is 4.09. The quantitative estimate of drug-likeness (QED) is 0.560. The molecule has 0 saturated heterocycles. The summed E-state index contributed by atoms with van der Waals surface area (Å²) in [5.74, 6) is 1.81. The molecule has 0 unspecified atom stereocenters. The van der Waals surface area contributed by atoms with Gasteiger partial charge in [0.2, 0.25) is 0 Å². The molecule has 1 rings (SSSR count). The number of hydrogen-bond donors (Lipinski definition) is 0. The molecule has 3 heteroatoms. The summed E-state index contributed by atoms with van der Waals surface area (Å²) in [4.78, 5) is 13.9. The predicted molar refractivity (Wildman–Crippen MR) is 71.4 cm³/mol. The number of nitrogens with zero attached hydrogens (tertiary/aromatic N) is 1. The standard InChI is InChI=1S/C13H19NOS/c1-11-5-4-6-12(9-11)13(15)10-16-8-7-14(2)3/h4-6,9H,7-8,10H2,1-3H3. The molecule has 0 atom stereocenters. The first-order valence-corrected chi connectivity index (χ1v) is 6.57. The Morgan fingerprint density at radius 2 is 2.12 bits per heavy atom. The summed E-state index contributed by atoms with van der Waals surface area (Å²) in [6.07, 6.45) is 0. The predicted octanol–water partition coefficient (Wildman–Crippen LogP) is 2.47. The Balaban J connectivity index is 2.35. The van der Waals surface area contributed by atoms with Crippen LogP contribution in [0.2, 0.25) is 0 Å². The molecule has 0 aliphatic heterocycles. The van der Waals surface area contributed by atoms with E-state index in [-0.39, 0.29) is 5.78 Å². The van der Waals surface area contributed by atoms with Crippen LogP contribution in [0.5, 0.6) is 0 Å². The van der Waals surface area contributed by atoms with E-state index in [0.717, 1.165) is 23.4 Å². The Morgan fingerprint density at radius 3 is 2.75 bits per heavy atom. The van der Waals surface area contributed by atoms with Crippen LogP contribution in [0.15, 0.2) is 24.3 Å². The van der Waals surface area contributed by atoms with Crippen molar-refractivity contribution in [2.45, 2.75) is 6.92 Å². The molecule has 0 N–H and O–H groups in total. The number of rotatable bonds is 6. The van der Waals surface area contributed by atoms with Crippen LogP contribution in [0, 0.1) is 6.92 Å². The average Bonchev–Trinajstić information content (AvgIpc) is 2.24. The van der Waals surface area contributed by atoms with Crippen LogP contribution in [-0.2, 0) is 0 Å². The minimum absolute atomic E-state index is 0.229. The van der Waals surface area contributed by atoms with E-state index in [9.17, 15) is 4.79 Å². The minimum atomic E-state index is 0.229. The lowest BCUT2D eigenvalue weighted by Gasteiger charge is -2.08. The first-order chi connectivity index (χ1) is 7.59. The maximum atomic E-state index is 11.8. The van der Waals surface area contributed by atoms with Gasteiger partial charge in [0, 0.05) is 17.9 Å². The zero-order valence-corrected chi connectivity index (χ0v) is 11.0. The van der Waals surface area contributed by atoms with E-state index in [1.54, 1.807) is 11.8 Å². The van der Waals surface area contributed by atoms with Gasteiger partial charge in [-0.1, -0.05) is 23.8 Å². The van der Waals surface area contributed by atoms with Gasteiger partial charge in [0.25, 0.3) is 0 Å². The monoisotopic (exact) mass is 237 g/mol. The van der Waals surface area contributed by atoms with Crippen molar-refractivity contribution in [2.75, 3.05) is 32.1 Å². The Hall–Kier alpha value is -0.800. The maximum absolute atomic E-state index is 11.8. The van der Waals surface area contributed by atoms with Crippen LogP contribution in [0.3, 0.4) is 0 Å². The lowest BCUT2D eigenvalue weighted by atomic mass is 10.1.